The molecule has 0 saturated carbocycles. The molecule has 1 amide bonds. The Bertz CT molecular complexity index is 573. The molecule has 112 valence electrons. The predicted molar refractivity (Wildman–Crippen MR) is 81.1 cm³/mol. The summed E-state index contributed by atoms with van der Waals surface area (Å²) in [5.41, 5.74) is 3.14. The van der Waals surface area contributed by atoms with Crippen molar-refractivity contribution in [2.45, 2.75) is 19.9 Å². The van der Waals surface area contributed by atoms with Gasteiger partial charge in [-0.1, -0.05) is 18.2 Å². The number of hydrogen-bond donors (Lipinski definition) is 3. The van der Waals surface area contributed by atoms with Crippen LogP contribution < -0.4 is 10.6 Å². The topological polar surface area (TPSA) is 74.5 Å². The van der Waals surface area contributed by atoms with Gasteiger partial charge in [0.25, 0.3) is 0 Å². The van der Waals surface area contributed by atoms with E-state index in [1.165, 1.54) is 6.26 Å². The first-order valence-corrected chi connectivity index (χ1v) is 6.85. The first kappa shape index (κ1) is 15.1. The molecule has 1 aromatic heterocycles. The largest absolute Gasteiger partial charge is 0.467 e. The van der Waals surface area contributed by atoms with Crippen LogP contribution in [-0.2, 0) is 4.79 Å². The van der Waals surface area contributed by atoms with Crippen LogP contribution >= 0.6 is 0 Å². The number of rotatable bonds is 6. The SMILES string of the molecule is Cc1cccc(C)c1NCC(=O)NC(CO)c1ccco1. The van der Waals surface area contributed by atoms with E-state index in [2.05, 4.69) is 10.6 Å². The molecule has 1 atom stereocenters. The fourth-order valence-corrected chi connectivity index (χ4v) is 2.20. The second-order valence-electron chi connectivity index (χ2n) is 4.94. The standard InChI is InChI=1S/C16H20N2O3/c1-11-5-3-6-12(2)16(11)17-9-15(20)18-13(10-19)14-7-4-8-21-14/h3-8,13,17,19H,9-10H2,1-2H3,(H,18,20). The van der Waals surface area contributed by atoms with E-state index in [1.807, 2.05) is 32.0 Å². The lowest BCUT2D eigenvalue weighted by atomic mass is 10.1. The quantitative estimate of drug-likeness (QED) is 0.761. The third kappa shape index (κ3) is 3.86. The summed E-state index contributed by atoms with van der Waals surface area (Å²) in [6.07, 6.45) is 1.51. The van der Waals surface area contributed by atoms with Crippen molar-refractivity contribution in [3.63, 3.8) is 0 Å². The van der Waals surface area contributed by atoms with E-state index in [9.17, 15) is 9.90 Å². The van der Waals surface area contributed by atoms with Crippen molar-refractivity contribution in [2.24, 2.45) is 0 Å². The smallest absolute Gasteiger partial charge is 0.239 e. The van der Waals surface area contributed by atoms with Crippen LogP contribution in [0.15, 0.2) is 41.0 Å². The Morgan fingerprint density at radius 3 is 2.52 bits per heavy atom. The van der Waals surface area contributed by atoms with E-state index >= 15 is 0 Å². The highest BCUT2D eigenvalue weighted by Gasteiger charge is 2.16. The number of hydrogen-bond acceptors (Lipinski definition) is 4. The Kier molecular flexibility index (Phi) is 5.00. The maximum atomic E-state index is 12.0. The molecule has 0 spiro atoms. The number of carbonyl (C=O) groups is 1. The van der Waals surface area contributed by atoms with Gasteiger partial charge in [-0.2, -0.15) is 0 Å². The van der Waals surface area contributed by atoms with Gasteiger partial charge in [-0.15, -0.1) is 0 Å². The molecule has 3 N–H and O–H groups in total. The lowest BCUT2D eigenvalue weighted by Gasteiger charge is -2.16. The molecular formula is C16H20N2O3. The molecule has 0 saturated heterocycles. The van der Waals surface area contributed by atoms with Crippen LogP contribution in [0.25, 0.3) is 0 Å². The van der Waals surface area contributed by atoms with Gasteiger partial charge in [0.15, 0.2) is 0 Å². The van der Waals surface area contributed by atoms with E-state index in [0.717, 1.165) is 16.8 Å². The summed E-state index contributed by atoms with van der Waals surface area (Å²) in [4.78, 5) is 12.0. The zero-order valence-corrected chi connectivity index (χ0v) is 12.2. The van der Waals surface area contributed by atoms with Crippen molar-refractivity contribution in [3.8, 4) is 0 Å². The molecule has 2 rings (SSSR count). The van der Waals surface area contributed by atoms with E-state index in [1.54, 1.807) is 12.1 Å². The van der Waals surface area contributed by atoms with Crippen molar-refractivity contribution < 1.29 is 14.3 Å². The van der Waals surface area contributed by atoms with Crippen molar-refractivity contribution in [1.82, 2.24) is 5.32 Å². The highest BCUT2D eigenvalue weighted by Crippen LogP contribution is 2.19. The zero-order chi connectivity index (χ0) is 15.2. The van der Waals surface area contributed by atoms with Crippen LogP contribution in [0.3, 0.4) is 0 Å². The Morgan fingerprint density at radius 2 is 1.95 bits per heavy atom. The Balaban J connectivity index is 1.93. The maximum absolute atomic E-state index is 12.0. The van der Waals surface area contributed by atoms with Gasteiger partial charge in [0.1, 0.15) is 11.8 Å². The summed E-state index contributed by atoms with van der Waals surface area (Å²) in [5, 5.41) is 15.2. The van der Waals surface area contributed by atoms with Crippen LogP contribution in [0.2, 0.25) is 0 Å². The van der Waals surface area contributed by atoms with Crippen LogP contribution in [-0.4, -0.2) is 24.2 Å². The summed E-state index contributed by atoms with van der Waals surface area (Å²) in [6.45, 7) is 3.92. The number of anilines is 1. The number of benzene rings is 1. The number of aryl methyl sites for hydroxylation is 2. The van der Waals surface area contributed by atoms with Gasteiger partial charge in [-0.25, -0.2) is 0 Å². The number of nitrogens with one attached hydrogen (secondary N) is 2. The summed E-state index contributed by atoms with van der Waals surface area (Å²) in [7, 11) is 0. The molecule has 0 bridgehead atoms. The number of carbonyl (C=O) groups excluding carboxylic acids is 1. The van der Waals surface area contributed by atoms with E-state index in [0.29, 0.717) is 5.76 Å². The normalized spacial score (nSPS) is 12.0. The number of para-hydroxylation sites is 1. The highest BCUT2D eigenvalue weighted by molar-refractivity contribution is 5.81. The fraction of sp³-hybridized carbons (Fsp3) is 0.312. The minimum Gasteiger partial charge on any atom is -0.467 e. The third-order valence-electron chi connectivity index (χ3n) is 3.31. The predicted octanol–water partition coefficient (Wildman–Crippen LogP) is 2.16. The Labute approximate surface area is 124 Å². The Morgan fingerprint density at radius 1 is 1.24 bits per heavy atom. The highest BCUT2D eigenvalue weighted by atomic mass is 16.3. The van der Waals surface area contributed by atoms with Crippen molar-refractivity contribution in [1.29, 1.82) is 0 Å². The van der Waals surface area contributed by atoms with E-state index in [-0.39, 0.29) is 19.1 Å². The summed E-state index contributed by atoms with van der Waals surface area (Å²) in [6, 6.07) is 8.89. The molecule has 2 aromatic rings. The number of aliphatic hydroxyl groups is 1. The molecule has 0 radical (unpaired) electrons. The molecule has 0 aliphatic carbocycles. The van der Waals surface area contributed by atoms with Gasteiger partial charge in [0.2, 0.25) is 5.91 Å². The lowest BCUT2D eigenvalue weighted by molar-refractivity contribution is -0.120. The third-order valence-corrected chi connectivity index (χ3v) is 3.31. The molecule has 0 aliphatic rings. The van der Waals surface area contributed by atoms with Crippen molar-refractivity contribution in [2.75, 3.05) is 18.5 Å². The average Bonchev–Trinajstić information content (AvgIpc) is 2.98. The monoisotopic (exact) mass is 288 g/mol. The molecule has 5 nitrogen and oxygen atoms in total. The van der Waals surface area contributed by atoms with Crippen LogP contribution in [0, 0.1) is 13.8 Å². The van der Waals surface area contributed by atoms with Crippen LogP contribution in [0.1, 0.15) is 22.9 Å². The summed E-state index contributed by atoms with van der Waals surface area (Å²) in [5.74, 6) is 0.339. The minimum absolute atomic E-state index is 0.142. The van der Waals surface area contributed by atoms with Gasteiger partial charge in [-0.3, -0.25) is 4.79 Å². The molecule has 0 fully saturated rings. The minimum atomic E-state index is -0.521. The van der Waals surface area contributed by atoms with Crippen LogP contribution in [0.4, 0.5) is 5.69 Å². The first-order valence-electron chi connectivity index (χ1n) is 6.85. The molecule has 0 aliphatic heterocycles. The van der Waals surface area contributed by atoms with E-state index < -0.39 is 6.04 Å². The molecule has 5 heteroatoms. The van der Waals surface area contributed by atoms with Gasteiger partial charge in [-0.05, 0) is 37.1 Å². The second kappa shape index (κ2) is 6.95. The molecule has 1 heterocycles. The van der Waals surface area contributed by atoms with E-state index in [4.69, 9.17) is 4.42 Å². The van der Waals surface area contributed by atoms with Gasteiger partial charge in [0, 0.05) is 5.69 Å². The van der Waals surface area contributed by atoms with Gasteiger partial charge >= 0.3 is 0 Å². The van der Waals surface area contributed by atoms with Crippen molar-refractivity contribution in [3.05, 3.63) is 53.5 Å². The van der Waals surface area contributed by atoms with Gasteiger partial charge < -0.3 is 20.2 Å². The Hall–Kier alpha value is -2.27. The van der Waals surface area contributed by atoms with Crippen molar-refractivity contribution >= 4 is 11.6 Å². The number of aliphatic hydroxyl groups excluding tert-OH is 1. The zero-order valence-electron chi connectivity index (χ0n) is 12.2. The van der Waals surface area contributed by atoms with Crippen LogP contribution in [0.5, 0.6) is 0 Å². The fourth-order valence-electron chi connectivity index (χ4n) is 2.20. The number of amides is 1. The molecule has 21 heavy (non-hydrogen) atoms. The molecule has 1 aromatic carbocycles. The first-order chi connectivity index (χ1) is 10.1. The second-order valence-corrected chi connectivity index (χ2v) is 4.94. The van der Waals surface area contributed by atoms with Gasteiger partial charge in [0.05, 0.1) is 19.4 Å². The molecular weight excluding hydrogens is 268 g/mol. The maximum Gasteiger partial charge on any atom is 0.239 e. The number of furan rings is 1. The lowest BCUT2D eigenvalue weighted by Crippen LogP contribution is -2.35. The average molecular weight is 288 g/mol. The molecule has 1 unspecified atom stereocenters. The summed E-state index contributed by atoms with van der Waals surface area (Å²) >= 11 is 0. The summed E-state index contributed by atoms with van der Waals surface area (Å²) < 4.78 is 5.19.